The highest BCUT2D eigenvalue weighted by Gasteiger charge is 2.52. The highest BCUT2D eigenvalue weighted by molar-refractivity contribution is 6.54. The van der Waals surface area contributed by atoms with Crippen molar-refractivity contribution in [2.45, 2.75) is 57.9 Å². The van der Waals surface area contributed by atoms with Crippen molar-refractivity contribution in [2.75, 3.05) is 0 Å². The minimum absolute atomic E-state index is 0.0145. The zero-order valence-electron chi connectivity index (χ0n) is 11.6. The lowest BCUT2D eigenvalue weighted by molar-refractivity contribution is -0.0941. The van der Waals surface area contributed by atoms with Crippen LogP contribution >= 0.6 is 0 Å². The molecule has 19 heavy (non-hydrogen) atoms. The molecule has 2 nitrogen and oxygen atoms in total. The topological polar surface area (TPSA) is 18.5 Å². The molecule has 0 spiro atoms. The van der Waals surface area contributed by atoms with E-state index < -0.39 is 30.1 Å². The van der Waals surface area contributed by atoms with Gasteiger partial charge < -0.3 is 9.31 Å². The van der Waals surface area contributed by atoms with Gasteiger partial charge >= 0.3 is 13.3 Å². The van der Waals surface area contributed by atoms with Crippen molar-refractivity contribution in [3.8, 4) is 0 Å². The second kappa shape index (κ2) is 4.38. The summed E-state index contributed by atoms with van der Waals surface area (Å²) in [5.41, 5.74) is -0.654. The van der Waals surface area contributed by atoms with Gasteiger partial charge in [-0.1, -0.05) is 12.2 Å². The van der Waals surface area contributed by atoms with Crippen LogP contribution in [0.15, 0.2) is 23.2 Å². The van der Waals surface area contributed by atoms with Gasteiger partial charge in [-0.05, 0) is 46.0 Å². The minimum Gasteiger partial charge on any atom is -0.400 e. The van der Waals surface area contributed by atoms with Gasteiger partial charge in [0.15, 0.2) is 0 Å². The molecule has 0 radical (unpaired) electrons. The molecule has 6 heteroatoms. The maximum atomic E-state index is 12.5. The average Bonchev–Trinajstić information content (AvgIpc) is 2.47. The van der Waals surface area contributed by atoms with Crippen LogP contribution in [0.4, 0.5) is 13.2 Å². The van der Waals surface area contributed by atoms with E-state index in [9.17, 15) is 13.2 Å². The van der Waals surface area contributed by atoms with Gasteiger partial charge in [0.25, 0.3) is 0 Å². The normalized spacial score (nSPS) is 26.2. The lowest BCUT2D eigenvalue weighted by Gasteiger charge is -2.32. The fourth-order valence-corrected chi connectivity index (χ4v) is 2.08. The zero-order valence-corrected chi connectivity index (χ0v) is 11.6. The first-order valence-corrected chi connectivity index (χ1v) is 6.35. The van der Waals surface area contributed by atoms with E-state index in [2.05, 4.69) is 0 Å². The Hall–Kier alpha value is -0.745. The molecule has 2 rings (SSSR count). The summed E-state index contributed by atoms with van der Waals surface area (Å²) in [5, 5.41) is 0. The molecule has 1 fully saturated rings. The third-order valence-corrected chi connectivity index (χ3v) is 4.10. The summed E-state index contributed by atoms with van der Waals surface area (Å²) in [4.78, 5) is 0. The molecule has 0 N–H and O–H groups in total. The summed E-state index contributed by atoms with van der Waals surface area (Å²) in [7, 11) is -0.545. The van der Waals surface area contributed by atoms with Crippen molar-refractivity contribution in [1.29, 1.82) is 0 Å². The number of allylic oxidation sites excluding steroid dienone is 4. The molecule has 0 aromatic heterocycles. The molecule has 1 aliphatic carbocycles. The molecule has 1 aliphatic heterocycles. The van der Waals surface area contributed by atoms with Crippen LogP contribution in [0, 0.1) is 0 Å². The molecule has 0 unspecified atom stereocenters. The first-order valence-electron chi connectivity index (χ1n) is 6.35. The largest absolute Gasteiger partial charge is 0.490 e. The van der Waals surface area contributed by atoms with E-state index >= 15 is 0 Å². The van der Waals surface area contributed by atoms with Crippen LogP contribution in [0.1, 0.15) is 40.5 Å². The number of rotatable bonds is 1. The van der Waals surface area contributed by atoms with Gasteiger partial charge in [0.05, 0.1) is 11.2 Å². The van der Waals surface area contributed by atoms with Crippen LogP contribution in [-0.2, 0) is 9.31 Å². The Morgan fingerprint density at radius 1 is 1.00 bits per heavy atom. The SMILES string of the molecule is CC1(C)OB(C2=CC=C(C(F)(F)F)CC2)OC1(C)C. The van der Waals surface area contributed by atoms with E-state index in [4.69, 9.17) is 9.31 Å². The molecular formula is C13H18BF3O2. The van der Waals surface area contributed by atoms with Crippen LogP contribution < -0.4 is 0 Å². The molecule has 106 valence electrons. The van der Waals surface area contributed by atoms with E-state index in [1.54, 1.807) is 0 Å². The third kappa shape index (κ3) is 2.74. The summed E-state index contributed by atoms with van der Waals surface area (Å²) in [6.45, 7) is 7.70. The van der Waals surface area contributed by atoms with Crippen LogP contribution in [0.3, 0.4) is 0 Å². The second-order valence-electron chi connectivity index (χ2n) is 6.02. The minimum atomic E-state index is -4.24. The van der Waals surface area contributed by atoms with E-state index in [0.717, 1.165) is 11.5 Å². The Morgan fingerprint density at radius 3 is 1.89 bits per heavy atom. The first-order chi connectivity index (χ1) is 8.53. The van der Waals surface area contributed by atoms with Crippen LogP contribution in [0.25, 0.3) is 0 Å². The summed E-state index contributed by atoms with van der Waals surface area (Å²) < 4.78 is 49.2. The quantitative estimate of drug-likeness (QED) is 0.676. The maximum Gasteiger partial charge on any atom is 0.490 e. The fraction of sp³-hybridized carbons (Fsp3) is 0.692. The van der Waals surface area contributed by atoms with Crippen LogP contribution in [0.2, 0.25) is 0 Å². The molecule has 1 heterocycles. The zero-order chi connectivity index (χ0) is 14.5. The highest BCUT2D eigenvalue weighted by Crippen LogP contribution is 2.41. The lowest BCUT2D eigenvalue weighted by Crippen LogP contribution is -2.41. The van der Waals surface area contributed by atoms with Gasteiger partial charge in [-0.15, -0.1) is 0 Å². The van der Waals surface area contributed by atoms with Gasteiger partial charge in [0.2, 0.25) is 0 Å². The van der Waals surface area contributed by atoms with Crippen molar-refractivity contribution >= 4 is 7.12 Å². The van der Waals surface area contributed by atoms with Crippen molar-refractivity contribution in [3.63, 3.8) is 0 Å². The van der Waals surface area contributed by atoms with Gasteiger partial charge in [-0.3, -0.25) is 0 Å². The first kappa shape index (κ1) is 14.7. The highest BCUT2D eigenvalue weighted by atomic mass is 19.4. The lowest BCUT2D eigenvalue weighted by atomic mass is 9.73. The smallest absolute Gasteiger partial charge is 0.400 e. The number of hydrogen-bond acceptors (Lipinski definition) is 2. The Balaban J connectivity index is 2.15. The number of halogens is 3. The van der Waals surface area contributed by atoms with Gasteiger partial charge in [0.1, 0.15) is 0 Å². The third-order valence-electron chi connectivity index (χ3n) is 4.10. The Morgan fingerprint density at radius 2 is 1.53 bits per heavy atom. The summed E-state index contributed by atoms with van der Waals surface area (Å²) in [6, 6.07) is 0. The van der Waals surface area contributed by atoms with Crippen molar-refractivity contribution in [2.24, 2.45) is 0 Å². The molecule has 0 aromatic carbocycles. The molecule has 0 bridgehead atoms. The molecule has 1 saturated heterocycles. The fourth-order valence-electron chi connectivity index (χ4n) is 2.08. The molecule has 0 atom stereocenters. The number of hydrogen-bond donors (Lipinski definition) is 0. The van der Waals surface area contributed by atoms with E-state index in [1.165, 1.54) is 6.08 Å². The summed E-state index contributed by atoms with van der Waals surface area (Å²) in [6.07, 6.45) is -1.32. The van der Waals surface area contributed by atoms with Gasteiger partial charge in [-0.25, -0.2) is 0 Å². The Bertz CT molecular complexity index is 420. The maximum absolute atomic E-state index is 12.5. The Kier molecular flexibility index (Phi) is 3.38. The molecule has 0 aromatic rings. The van der Waals surface area contributed by atoms with Gasteiger partial charge in [0, 0.05) is 5.57 Å². The molecule has 2 aliphatic rings. The standard InChI is InChI=1S/C13H18BF3O2/c1-11(2)12(3,4)19-14(18-11)10-7-5-9(6-8-10)13(15,16)17/h5,7H,6,8H2,1-4H3. The van der Waals surface area contributed by atoms with E-state index in [0.29, 0.717) is 6.42 Å². The predicted molar refractivity (Wildman–Crippen MR) is 67.5 cm³/mol. The average molecular weight is 274 g/mol. The molecule has 0 saturated carbocycles. The van der Waals surface area contributed by atoms with Crippen molar-refractivity contribution < 1.29 is 22.5 Å². The second-order valence-corrected chi connectivity index (χ2v) is 6.02. The van der Waals surface area contributed by atoms with Gasteiger partial charge in [-0.2, -0.15) is 13.2 Å². The predicted octanol–water partition coefficient (Wildman–Crippen LogP) is 3.83. The molecular weight excluding hydrogens is 256 g/mol. The van der Waals surface area contributed by atoms with Crippen LogP contribution in [0.5, 0.6) is 0 Å². The summed E-state index contributed by atoms with van der Waals surface area (Å²) >= 11 is 0. The summed E-state index contributed by atoms with van der Waals surface area (Å²) in [5.74, 6) is 0. The van der Waals surface area contributed by atoms with Crippen molar-refractivity contribution in [3.05, 3.63) is 23.2 Å². The van der Waals surface area contributed by atoms with E-state index in [-0.39, 0.29) is 6.42 Å². The van der Waals surface area contributed by atoms with Crippen LogP contribution in [-0.4, -0.2) is 24.5 Å². The van der Waals surface area contributed by atoms with Crippen molar-refractivity contribution in [1.82, 2.24) is 0 Å². The molecule has 0 amide bonds. The van der Waals surface area contributed by atoms with E-state index in [1.807, 2.05) is 27.7 Å². The monoisotopic (exact) mass is 274 g/mol. The Labute approximate surface area is 111 Å². The number of alkyl halides is 3.